The molecule has 1 unspecified atom stereocenters. The molecule has 1 atom stereocenters. The minimum absolute atomic E-state index is 0.0150. The van der Waals surface area contributed by atoms with Crippen molar-refractivity contribution in [3.05, 3.63) is 28.8 Å². The zero-order chi connectivity index (χ0) is 23.2. The summed E-state index contributed by atoms with van der Waals surface area (Å²) in [7, 11) is -3.82. The fourth-order valence-electron chi connectivity index (χ4n) is 2.80. The molecule has 0 bridgehead atoms. The van der Waals surface area contributed by atoms with E-state index in [0.29, 0.717) is 6.42 Å². The molecule has 0 aliphatic carbocycles. The van der Waals surface area contributed by atoms with Gasteiger partial charge in [-0.25, -0.2) is 13.2 Å². The van der Waals surface area contributed by atoms with Gasteiger partial charge in [0.2, 0.25) is 0 Å². The van der Waals surface area contributed by atoms with E-state index in [1.165, 1.54) is 13.0 Å². The summed E-state index contributed by atoms with van der Waals surface area (Å²) in [4.78, 5) is 49.6. The molecule has 0 saturated carbocycles. The predicted octanol–water partition coefficient (Wildman–Crippen LogP) is 2.69. The van der Waals surface area contributed by atoms with Crippen LogP contribution in [0.3, 0.4) is 0 Å². The summed E-state index contributed by atoms with van der Waals surface area (Å²) in [6.45, 7) is 7.63. The van der Waals surface area contributed by atoms with E-state index in [1.807, 2.05) is 6.92 Å². The highest BCUT2D eigenvalue weighted by atomic mass is 32.2. The van der Waals surface area contributed by atoms with E-state index in [1.54, 1.807) is 13.8 Å². The van der Waals surface area contributed by atoms with Crippen molar-refractivity contribution in [1.29, 1.82) is 0 Å². The minimum Gasteiger partial charge on any atom is -0.465 e. The van der Waals surface area contributed by atoms with Crippen LogP contribution in [0.4, 0.5) is 0 Å². The molecule has 0 radical (unpaired) electrons. The Kier molecular flexibility index (Phi) is 8.90. The normalized spacial score (nSPS) is 12.4. The summed E-state index contributed by atoms with van der Waals surface area (Å²) in [6.07, 6.45) is 1.75. The number of esters is 2. The van der Waals surface area contributed by atoms with Crippen LogP contribution in [-0.4, -0.2) is 50.9 Å². The Morgan fingerprint density at radius 2 is 1.70 bits per heavy atom. The van der Waals surface area contributed by atoms with E-state index in [-0.39, 0.29) is 28.2 Å². The Balaban J connectivity index is 3.53. The van der Waals surface area contributed by atoms with Gasteiger partial charge in [-0.05, 0) is 51.8 Å². The Labute approximate surface area is 176 Å². The third-order valence-electron chi connectivity index (χ3n) is 4.29. The van der Waals surface area contributed by atoms with Crippen molar-refractivity contribution in [3.8, 4) is 0 Å². The highest BCUT2D eigenvalue weighted by molar-refractivity contribution is 7.90. The van der Waals surface area contributed by atoms with Crippen LogP contribution in [-0.2, 0) is 28.9 Å². The first-order valence-electron chi connectivity index (χ1n) is 9.58. The number of hydrogen-bond donors (Lipinski definition) is 0. The molecule has 0 fully saturated rings. The molecule has 0 aliphatic heterocycles. The third kappa shape index (κ3) is 6.22. The van der Waals surface area contributed by atoms with Gasteiger partial charge in [0.05, 0.1) is 23.2 Å². The van der Waals surface area contributed by atoms with Gasteiger partial charge in [-0.1, -0.05) is 13.3 Å². The topological polar surface area (TPSA) is 121 Å². The number of ketones is 2. The van der Waals surface area contributed by atoms with E-state index in [4.69, 9.17) is 9.47 Å². The molecule has 166 valence electrons. The molecule has 0 heterocycles. The first kappa shape index (κ1) is 25.5. The van der Waals surface area contributed by atoms with E-state index in [2.05, 4.69) is 0 Å². The number of carbonyl (C=O) groups is 4. The average molecular weight is 441 g/mol. The van der Waals surface area contributed by atoms with Gasteiger partial charge in [-0.15, -0.1) is 0 Å². The maximum atomic E-state index is 13.0. The van der Waals surface area contributed by atoms with E-state index in [9.17, 15) is 27.6 Å². The number of unbranched alkanes of at least 4 members (excludes halogenated alkanes) is 1. The number of Topliss-reactive ketones (excluding diaryl/α,β-unsaturated/α-hetero) is 2. The summed E-state index contributed by atoms with van der Waals surface area (Å²) >= 11 is 0. The lowest BCUT2D eigenvalue weighted by molar-refractivity contribution is -0.149. The monoisotopic (exact) mass is 440 g/mol. The van der Waals surface area contributed by atoms with Gasteiger partial charge >= 0.3 is 11.9 Å². The van der Waals surface area contributed by atoms with Gasteiger partial charge in [0, 0.05) is 11.8 Å². The highest BCUT2D eigenvalue weighted by Crippen LogP contribution is 2.27. The molecule has 1 aromatic rings. The number of rotatable bonds is 10. The van der Waals surface area contributed by atoms with Crippen molar-refractivity contribution in [2.45, 2.75) is 58.5 Å². The van der Waals surface area contributed by atoms with Crippen LogP contribution in [0.5, 0.6) is 0 Å². The van der Waals surface area contributed by atoms with Gasteiger partial charge in [0.25, 0.3) is 0 Å². The smallest absolute Gasteiger partial charge is 0.340 e. The van der Waals surface area contributed by atoms with Crippen molar-refractivity contribution >= 4 is 33.3 Å². The van der Waals surface area contributed by atoms with E-state index >= 15 is 0 Å². The number of carbonyl (C=O) groups excluding carboxylic acids is 4. The standard InChI is InChI=1S/C21H28O8S/c1-7-8-11-28-20(24)18(14(5)22)19(23)15-9-10-16(30(6,26)27)17(13(15)4)21(25)29-12(2)3/h9-10,12,18H,7-8,11H2,1-6H3. The molecule has 9 heteroatoms. The molecule has 0 N–H and O–H groups in total. The minimum atomic E-state index is -3.82. The van der Waals surface area contributed by atoms with Crippen molar-refractivity contribution in [2.75, 3.05) is 12.9 Å². The number of sulfone groups is 1. The SMILES string of the molecule is CCCCOC(=O)C(C(C)=O)C(=O)c1ccc(S(C)(=O)=O)c(C(=O)OC(C)C)c1C. The van der Waals surface area contributed by atoms with Crippen LogP contribution in [0.2, 0.25) is 0 Å². The number of ether oxygens (including phenoxy) is 2. The Hall–Kier alpha value is -2.55. The van der Waals surface area contributed by atoms with Crippen LogP contribution >= 0.6 is 0 Å². The average Bonchev–Trinajstić information content (AvgIpc) is 2.59. The molecule has 0 amide bonds. The summed E-state index contributed by atoms with van der Waals surface area (Å²) in [5.41, 5.74) is -0.398. The van der Waals surface area contributed by atoms with E-state index in [0.717, 1.165) is 25.7 Å². The van der Waals surface area contributed by atoms with Crippen molar-refractivity contribution < 1.29 is 37.1 Å². The van der Waals surface area contributed by atoms with Crippen molar-refractivity contribution in [2.24, 2.45) is 5.92 Å². The van der Waals surface area contributed by atoms with Gasteiger partial charge in [0.1, 0.15) is 0 Å². The van der Waals surface area contributed by atoms with Gasteiger partial charge in [0.15, 0.2) is 27.3 Å². The molecular weight excluding hydrogens is 412 g/mol. The first-order valence-corrected chi connectivity index (χ1v) is 11.5. The lowest BCUT2D eigenvalue weighted by atomic mass is 9.90. The zero-order valence-corrected chi connectivity index (χ0v) is 18.9. The molecule has 0 aliphatic rings. The second-order valence-corrected chi connectivity index (χ2v) is 9.25. The molecule has 0 saturated heterocycles. The van der Waals surface area contributed by atoms with Crippen LogP contribution < -0.4 is 0 Å². The Morgan fingerprint density at radius 1 is 1.10 bits per heavy atom. The molecule has 0 aromatic heterocycles. The second kappa shape index (κ2) is 10.5. The molecule has 1 aromatic carbocycles. The summed E-state index contributed by atoms with van der Waals surface area (Å²) < 4.78 is 34.5. The summed E-state index contributed by atoms with van der Waals surface area (Å²) in [5, 5.41) is 0. The van der Waals surface area contributed by atoms with Crippen LogP contribution in [0.25, 0.3) is 0 Å². The number of benzene rings is 1. The molecular formula is C21H28O8S. The number of hydrogen-bond acceptors (Lipinski definition) is 8. The first-order chi connectivity index (χ1) is 13.8. The van der Waals surface area contributed by atoms with Crippen molar-refractivity contribution in [3.63, 3.8) is 0 Å². The highest BCUT2D eigenvalue weighted by Gasteiger charge is 2.36. The Bertz CT molecular complexity index is 944. The van der Waals surface area contributed by atoms with Gasteiger partial charge in [-0.3, -0.25) is 14.4 Å². The van der Waals surface area contributed by atoms with Crippen LogP contribution in [0.15, 0.2) is 17.0 Å². The zero-order valence-electron chi connectivity index (χ0n) is 18.1. The van der Waals surface area contributed by atoms with Crippen LogP contribution in [0, 0.1) is 12.8 Å². The lowest BCUT2D eigenvalue weighted by Crippen LogP contribution is -2.33. The maximum Gasteiger partial charge on any atom is 0.340 e. The largest absolute Gasteiger partial charge is 0.465 e. The van der Waals surface area contributed by atoms with Crippen LogP contribution in [0.1, 0.15) is 66.8 Å². The van der Waals surface area contributed by atoms with Crippen molar-refractivity contribution in [1.82, 2.24) is 0 Å². The maximum absolute atomic E-state index is 13.0. The van der Waals surface area contributed by atoms with Gasteiger partial charge in [-0.2, -0.15) is 0 Å². The fraction of sp³-hybridized carbons (Fsp3) is 0.524. The second-order valence-electron chi connectivity index (χ2n) is 7.27. The molecule has 0 spiro atoms. The fourth-order valence-corrected chi connectivity index (χ4v) is 3.73. The lowest BCUT2D eigenvalue weighted by Gasteiger charge is -2.18. The summed E-state index contributed by atoms with van der Waals surface area (Å²) in [6, 6.07) is 2.29. The molecule has 1 rings (SSSR count). The molecule has 30 heavy (non-hydrogen) atoms. The van der Waals surface area contributed by atoms with E-state index < -0.39 is 45.4 Å². The predicted molar refractivity (Wildman–Crippen MR) is 109 cm³/mol. The van der Waals surface area contributed by atoms with Gasteiger partial charge < -0.3 is 9.47 Å². The molecule has 8 nitrogen and oxygen atoms in total. The summed E-state index contributed by atoms with van der Waals surface area (Å²) in [5.74, 6) is -5.15. The quantitative estimate of drug-likeness (QED) is 0.236. The third-order valence-corrected chi connectivity index (χ3v) is 5.42. The Morgan fingerprint density at radius 3 is 2.17 bits per heavy atom.